The Labute approximate surface area is 158 Å². The summed E-state index contributed by atoms with van der Waals surface area (Å²) in [7, 11) is 3.30. The van der Waals surface area contributed by atoms with Crippen molar-refractivity contribution < 1.29 is 18.7 Å². The van der Waals surface area contributed by atoms with Crippen LogP contribution in [0.1, 0.15) is 33.8 Å². The topological polar surface area (TPSA) is 64.8 Å². The van der Waals surface area contributed by atoms with Gasteiger partial charge in [0.15, 0.2) is 0 Å². The predicted octanol–water partition coefficient (Wildman–Crippen LogP) is 2.90. The summed E-state index contributed by atoms with van der Waals surface area (Å²) in [5, 5.41) is 0. The SMILES string of the molecule is COC1C(c2ccccc2C(N)=O)CCN(Cc2ccc(F)cc2)C1OC. The third-order valence-corrected chi connectivity index (χ3v) is 5.20. The van der Waals surface area contributed by atoms with Crippen molar-refractivity contribution in [2.75, 3.05) is 20.8 Å². The second-order valence-electron chi connectivity index (χ2n) is 6.77. The molecule has 3 atom stereocenters. The van der Waals surface area contributed by atoms with E-state index in [2.05, 4.69) is 4.90 Å². The van der Waals surface area contributed by atoms with Crippen LogP contribution in [0.3, 0.4) is 0 Å². The number of benzene rings is 2. The van der Waals surface area contributed by atoms with Gasteiger partial charge in [-0.2, -0.15) is 0 Å². The van der Waals surface area contributed by atoms with Gasteiger partial charge in [0.1, 0.15) is 18.1 Å². The molecule has 5 nitrogen and oxygen atoms in total. The molecule has 6 heteroatoms. The predicted molar refractivity (Wildman–Crippen MR) is 101 cm³/mol. The molecule has 0 aliphatic carbocycles. The van der Waals surface area contributed by atoms with Crippen molar-refractivity contribution in [3.8, 4) is 0 Å². The van der Waals surface area contributed by atoms with Crippen LogP contribution in [0.15, 0.2) is 48.5 Å². The van der Waals surface area contributed by atoms with Crippen molar-refractivity contribution in [2.24, 2.45) is 5.73 Å². The second-order valence-corrected chi connectivity index (χ2v) is 6.77. The Morgan fingerprint density at radius 2 is 1.85 bits per heavy atom. The van der Waals surface area contributed by atoms with Gasteiger partial charge in [-0.15, -0.1) is 0 Å². The van der Waals surface area contributed by atoms with Crippen LogP contribution in [0.4, 0.5) is 4.39 Å². The zero-order valence-electron chi connectivity index (χ0n) is 15.6. The molecule has 1 heterocycles. The fourth-order valence-electron chi connectivity index (χ4n) is 3.94. The average Bonchev–Trinajstić information content (AvgIpc) is 2.69. The number of hydrogen-bond donors (Lipinski definition) is 1. The number of rotatable bonds is 6. The van der Waals surface area contributed by atoms with Crippen LogP contribution < -0.4 is 5.73 Å². The van der Waals surface area contributed by atoms with E-state index in [9.17, 15) is 9.18 Å². The van der Waals surface area contributed by atoms with E-state index >= 15 is 0 Å². The molecule has 3 rings (SSSR count). The summed E-state index contributed by atoms with van der Waals surface area (Å²) in [6.45, 7) is 1.39. The number of methoxy groups -OCH3 is 2. The van der Waals surface area contributed by atoms with E-state index < -0.39 is 5.91 Å². The number of hydrogen-bond acceptors (Lipinski definition) is 4. The Morgan fingerprint density at radius 3 is 2.48 bits per heavy atom. The molecular formula is C21H25FN2O3. The maximum absolute atomic E-state index is 13.2. The lowest BCUT2D eigenvalue weighted by molar-refractivity contribution is -0.152. The molecule has 0 radical (unpaired) electrons. The maximum atomic E-state index is 13.2. The molecule has 2 N–H and O–H groups in total. The lowest BCUT2D eigenvalue weighted by atomic mass is 9.83. The highest BCUT2D eigenvalue weighted by atomic mass is 19.1. The van der Waals surface area contributed by atoms with Gasteiger partial charge in [-0.25, -0.2) is 4.39 Å². The Hall–Kier alpha value is -2.28. The number of carbonyl (C=O) groups excluding carboxylic acids is 1. The third kappa shape index (κ3) is 4.18. The first-order chi connectivity index (χ1) is 13.0. The zero-order valence-corrected chi connectivity index (χ0v) is 15.6. The number of primary amides is 1. The average molecular weight is 372 g/mol. The number of amides is 1. The number of ether oxygens (including phenoxy) is 2. The lowest BCUT2D eigenvalue weighted by Crippen LogP contribution is -2.53. The standard InChI is InChI=1S/C21H25FN2O3/c1-26-19-17(16-5-3-4-6-18(16)20(23)25)11-12-24(21(19)27-2)13-14-7-9-15(22)10-8-14/h3-10,17,19,21H,11-13H2,1-2H3,(H2,23,25). The monoisotopic (exact) mass is 372 g/mol. The molecule has 0 aromatic heterocycles. The summed E-state index contributed by atoms with van der Waals surface area (Å²) >= 11 is 0. The van der Waals surface area contributed by atoms with Crippen molar-refractivity contribution in [1.29, 1.82) is 0 Å². The zero-order chi connectivity index (χ0) is 19.4. The van der Waals surface area contributed by atoms with E-state index in [1.165, 1.54) is 12.1 Å². The minimum atomic E-state index is -0.442. The number of likely N-dealkylation sites (tertiary alicyclic amines) is 1. The fraction of sp³-hybridized carbons (Fsp3) is 0.381. The highest BCUT2D eigenvalue weighted by Gasteiger charge is 2.40. The fourth-order valence-corrected chi connectivity index (χ4v) is 3.94. The molecule has 1 aliphatic heterocycles. The highest BCUT2D eigenvalue weighted by Crippen LogP contribution is 2.36. The van der Waals surface area contributed by atoms with E-state index in [4.69, 9.17) is 15.2 Å². The largest absolute Gasteiger partial charge is 0.377 e. The van der Waals surface area contributed by atoms with Gasteiger partial charge in [0, 0.05) is 38.8 Å². The van der Waals surface area contributed by atoms with Gasteiger partial charge in [0.25, 0.3) is 0 Å². The summed E-state index contributed by atoms with van der Waals surface area (Å²) in [6, 6.07) is 13.9. The molecule has 1 amide bonds. The highest BCUT2D eigenvalue weighted by molar-refractivity contribution is 5.94. The Morgan fingerprint density at radius 1 is 1.15 bits per heavy atom. The van der Waals surface area contributed by atoms with Crippen molar-refractivity contribution in [1.82, 2.24) is 4.90 Å². The van der Waals surface area contributed by atoms with Gasteiger partial charge in [-0.1, -0.05) is 30.3 Å². The molecule has 27 heavy (non-hydrogen) atoms. The van der Waals surface area contributed by atoms with Crippen molar-refractivity contribution >= 4 is 5.91 Å². The summed E-state index contributed by atoms with van der Waals surface area (Å²) in [5.41, 5.74) is 7.98. The second kappa shape index (κ2) is 8.61. The summed E-state index contributed by atoms with van der Waals surface area (Å²) in [5.74, 6) is -0.699. The molecule has 0 spiro atoms. The molecular weight excluding hydrogens is 347 g/mol. The Balaban J connectivity index is 1.85. The van der Waals surface area contributed by atoms with Gasteiger partial charge in [0.05, 0.1) is 0 Å². The number of nitrogens with zero attached hydrogens (tertiary/aromatic N) is 1. The van der Waals surface area contributed by atoms with Gasteiger partial charge < -0.3 is 15.2 Å². The number of carbonyl (C=O) groups is 1. The molecule has 1 aliphatic rings. The van der Waals surface area contributed by atoms with Crippen molar-refractivity contribution in [2.45, 2.75) is 31.2 Å². The maximum Gasteiger partial charge on any atom is 0.248 e. The molecule has 2 aromatic carbocycles. The summed E-state index contributed by atoms with van der Waals surface area (Å²) < 4.78 is 24.7. The van der Waals surface area contributed by atoms with Crippen LogP contribution in [0.5, 0.6) is 0 Å². The quantitative estimate of drug-likeness (QED) is 0.847. The number of halogens is 1. The van der Waals surface area contributed by atoms with E-state index in [1.807, 2.05) is 18.2 Å². The van der Waals surface area contributed by atoms with Gasteiger partial charge in [-0.05, 0) is 35.7 Å². The van der Waals surface area contributed by atoms with Crippen molar-refractivity contribution in [3.05, 3.63) is 71.0 Å². The van der Waals surface area contributed by atoms with Gasteiger partial charge >= 0.3 is 0 Å². The molecule has 3 unspecified atom stereocenters. The molecule has 0 bridgehead atoms. The normalized spacial score (nSPS) is 23.3. The minimum Gasteiger partial charge on any atom is -0.377 e. The molecule has 144 valence electrons. The van der Waals surface area contributed by atoms with E-state index in [0.29, 0.717) is 12.1 Å². The smallest absolute Gasteiger partial charge is 0.248 e. The lowest BCUT2D eigenvalue weighted by Gasteiger charge is -2.44. The number of piperidine rings is 1. The van der Waals surface area contributed by atoms with E-state index in [0.717, 1.165) is 24.1 Å². The minimum absolute atomic E-state index is 0.00637. The van der Waals surface area contributed by atoms with Crippen LogP contribution in [-0.2, 0) is 16.0 Å². The van der Waals surface area contributed by atoms with E-state index in [-0.39, 0.29) is 24.1 Å². The Bertz CT molecular complexity index is 781. The first kappa shape index (κ1) is 19.5. The van der Waals surface area contributed by atoms with Crippen LogP contribution in [-0.4, -0.2) is 43.9 Å². The third-order valence-electron chi connectivity index (χ3n) is 5.20. The molecule has 2 aromatic rings. The van der Waals surface area contributed by atoms with Crippen LogP contribution >= 0.6 is 0 Å². The first-order valence-electron chi connectivity index (χ1n) is 8.98. The van der Waals surface area contributed by atoms with Crippen molar-refractivity contribution in [3.63, 3.8) is 0 Å². The van der Waals surface area contributed by atoms with Crippen LogP contribution in [0, 0.1) is 5.82 Å². The molecule has 1 fully saturated rings. The number of nitrogens with two attached hydrogens (primary N) is 1. The van der Waals surface area contributed by atoms with Gasteiger partial charge in [-0.3, -0.25) is 9.69 Å². The Kier molecular flexibility index (Phi) is 6.21. The van der Waals surface area contributed by atoms with Crippen LogP contribution in [0.2, 0.25) is 0 Å². The summed E-state index contributed by atoms with van der Waals surface area (Å²) in [6.07, 6.45) is 0.244. The molecule has 1 saturated heterocycles. The first-order valence-corrected chi connectivity index (χ1v) is 8.98. The molecule has 0 saturated carbocycles. The van der Waals surface area contributed by atoms with Crippen LogP contribution in [0.25, 0.3) is 0 Å². The van der Waals surface area contributed by atoms with E-state index in [1.54, 1.807) is 32.4 Å². The summed E-state index contributed by atoms with van der Waals surface area (Å²) in [4.78, 5) is 14.0. The van der Waals surface area contributed by atoms with Gasteiger partial charge in [0.2, 0.25) is 5.91 Å².